The Balaban J connectivity index is 2.28. The van der Waals surface area contributed by atoms with Gasteiger partial charge in [0.15, 0.2) is 5.16 Å². The number of nitrogens with zero attached hydrogens (tertiary/aromatic N) is 5. The lowest BCUT2D eigenvalue weighted by atomic mass is 10.2. The molecule has 0 aliphatic rings. The van der Waals surface area contributed by atoms with E-state index in [1.54, 1.807) is 4.68 Å². The number of hydrogen-bond donors (Lipinski definition) is 1. The molecule has 0 unspecified atom stereocenters. The summed E-state index contributed by atoms with van der Waals surface area (Å²) >= 11 is 1.19. The zero-order valence-corrected chi connectivity index (χ0v) is 13.2. The number of thioether (sulfide) groups is 1. The van der Waals surface area contributed by atoms with Crippen molar-refractivity contribution >= 4 is 17.7 Å². The van der Waals surface area contributed by atoms with Gasteiger partial charge in [-0.3, -0.25) is 9.48 Å². The molecule has 0 aromatic carbocycles. The summed E-state index contributed by atoms with van der Waals surface area (Å²) in [7, 11) is 1.90. The van der Waals surface area contributed by atoms with Crippen molar-refractivity contribution in [2.45, 2.75) is 38.4 Å². The predicted molar refractivity (Wildman–Crippen MR) is 79.4 cm³/mol. The fraction of sp³-hybridized carbons (Fsp3) is 0.538. The molecule has 0 radical (unpaired) electrons. The molecule has 1 N–H and O–H groups in total. The highest BCUT2D eigenvalue weighted by atomic mass is 32.2. The lowest BCUT2D eigenvalue weighted by molar-refractivity contribution is -0.133. The van der Waals surface area contributed by atoms with E-state index in [4.69, 9.17) is 5.11 Å². The maximum Gasteiger partial charge on any atom is 0.313 e. The maximum atomic E-state index is 10.7. The van der Waals surface area contributed by atoms with Gasteiger partial charge in [0.2, 0.25) is 0 Å². The highest BCUT2D eigenvalue weighted by Gasteiger charge is 2.15. The number of aromatic nitrogens is 5. The summed E-state index contributed by atoms with van der Waals surface area (Å²) in [5.41, 5.74) is 2.16. The zero-order chi connectivity index (χ0) is 15.4. The lowest BCUT2D eigenvalue weighted by Crippen LogP contribution is -2.08. The minimum absolute atomic E-state index is 0.0183. The van der Waals surface area contributed by atoms with Crippen LogP contribution in [0.1, 0.15) is 30.9 Å². The molecule has 0 fully saturated rings. The standard InChI is InChI=1S/C13H19N5O2S/c1-4-10-9(6-17(3)16-10)7-18-11(5-2)14-15-13(18)21-8-12(19)20/h6H,4-5,7-8H2,1-3H3,(H,19,20). The van der Waals surface area contributed by atoms with Gasteiger partial charge in [-0.1, -0.05) is 25.6 Å². The Bertz CT molecular complexity index is 635. The first-order valence-electron chi connectivity index (χ1n) is 6.83. The SMILES string of the molecule is CCc1nn(C)cc1Cn1c(CC)nnc1SCC(=O)O. The Kier molecular flexibility index (Phi) is 5.00. The van der Waals surface area contributed by atoms with Gasteiger partial charge in [-0.15, -0.1) is 10.2 Å². The number of aryl methyl sites for hydroxylation is 3. The molecule has 2 aromatic rings. The second-order valence-corrected chi connectivity index (χ2v) is 5.59. The molecule has 8 heteroatoms. The van der Waals surface area contributed by atoms with Crippen molar-refractivity contribution in [1.82, 2.24) is 24.5 Å². The minimum Gasteiger partial charge on any atom is -0.481 e. The van der Waals surface area contributed by atoms with Crippen molar-refractivity contribution in [1.29, 1.82) is 0 Å². The number of carbonyl (C=O) groups is 1. The number of carboxylic acids is 1. The molecule has 0 aliphatic heterocycles. The quantitative estimate of drug-likeness (QED) is 0.777. The van der Waals surface area contributed by atoms with Crippen LogP contribution in [0.5, 0.6) is 0 Å². The van der Waals surface area contributed by atoms with Crippen LogP contribution in [0.25, 0.3) is 0 Å². The molecule has 0 amide bonds. The fourth-order valence-corrected chi connectivity index (χ4v) is 2.83. The topological polar surface area (TPSA) is 85.8 Å². The largest absolute Gasteiger partial charge is 0.481 e. The summed E-state index contributed by atoms with van der Waals surface area (Å²) in [6.07, 6.45) is 3.60. The van der Waals surface area contributed by atoms with Gasteiger partial charge < -0.3 is 9.67 Å². The number of hydrogen-bond acceptors (Lipinski definition) is 5. The molecule has 0 saturated carbocycles. The van der Waals surface area contributed by atoms with E-state index < -0.39 is 5.97 Å². The van der Waals surface area contributed by atoms with E-state index in [0.717, 1.165) is 29.9 Å². The summed E-state index contributed by atoms with van der Waals surface area (Å²) in [4.78, 5) is 10.7. The summed E-state index contributed by atoms with van der Waals surface area (Å²) in [6, 6.07) is 0. The predicted octanol–water partition coefficient (Wildman–Crippen LogP) is 1.36. The molecule has 2 aromatic heterocycles. The van der Waals surface area contributed by atoms with E-state index in [0.29, 0.717) is 11.7 Å². The van der Waals surface area contributed by atoms with Crippen LogP contribution in [0.4, 0.5) is 0 Å². The van der Waals surface area contributed by atoms with Crippen LogP contribution >= 0.6 is 11.8 Å². The molecule has 2 heterocycles. The van der Waals surface area contributed by atoms with Gasteiger partial charge in [0.1, 0.15) is 5.82 Å². The van der Waals surface area contributed by atoms with Crippen molar-refractivity contribution in [3.8, 4) is 0 Å². The molecule has 0 atom stereocenters. The van der Waals surface area contributed by atoms with Crippen LogP contribution in [-0.4, -0.2) is 41.4 Å². The molecule has 7 nitrogen and oxygen atoms in total. The van der Waals surface area contributed by atoms with Crippen LogP contribution in [0.2, 0.25) is 0 Å². The summed E-state index contributed by atoms with van der Waals surface area (Å²) in [5, 5.41) is 22.1. The molecule has 0 spiro atoms. The number of rotatable bonds is 7. The molecular weight excluding hydrogens is 290 g/mol. The third kappa shape index (κ3) is 3.63. The highest BCUT2D eigenvalue weighted by molar-refractivity contribution is 7.99. The normalized spacial score (nSPS) is 11.0. The second kappa shape index (κ2) is 6.75. The van der Waals surface area contributed by atoms with Crippen LogP contribution in [0.15, 0.2) is 11.4 Å². The molecular formula is C13H19N5O2S. The summed E-state index contributed by atoms with van der Waals surface area (Å²) < 4.78 is 3.78. The first kappa shape index (κ1) is 15.6. The fourth-order valence-electron chi connectivity index (χ4n) is 2.16. The van der Waals surface area contributed by atoms with E-state index in [2.05, 4.69) is 22.2 Å². The Morgan fingerprint density at radius 3 is 2.71 bits per heavy atom. The Morgan fingerprint density at radius 2 is 2.10 bits per heavy atom. The van der Waals surface area contributed by atoms with Crippen molar-refractivity contribution in [2.75, 3.05) is 5.75 Å². The van der Waals surface area contributed by atoms with Gasteiger partial charge in [-0.25, -0.2) is 0 Å². The average Bonchev–Trinajstić information content (AvgIpc) is 3.00. The zero-order valence-electron chi connectivity index (χ0n) is 12.4. The first-order valence-corrected chi connectivity index (χ1v) is 7.81. The highest BCUT2D eigenvalue weighted by Crippen LogP contribution is 2.20. The van der Waals surface area contributed by atoms with E-state index in [-0.39, 0.29) is 5.75 Å². The Hall–Kier alpha value is -1.83. The molecule has 2 rings (SSSR count). The van der Waals surface area contributed by atoms with E-state index in [1.165, 1.54) is 11.8 Å². The third-order valence-corrected chi connectivity index (χ3v) is 4.04. The number of carboxylic acid groups (broad SMARTS) is 1. The summed E-state index contributed by atoms with van der Waals surface area (Å²) in [6.45, 7) is 4.70. The average molecular weight is 309 g/mol. The van der Waals surface area contributed by atoms with Gasteiger partial charge in [-0.2, -0.15) is 5.10 Å². The van der Waals surface area contributed by atoms with E-state index in [1.807, 2.05) is 24.7 Å². The molecule has 21 heavy (non-hydrogen) atoms. The Morgan fingerprint density at radius 1 is 1.33 bits per heavy atom. The van der Waals surface area contributed by atoms with Crippen LogP contribution in [0, 0.1) is 0 Å². The second-order valence-electron chi connectivity index (χ2n) is 4.65. The van der Waals surface area contributed by atoms with E-state index >= 15 is 0 Å². The molecule has 0 bridgehead atoms. The van der Waals surface area contributed by atoms with Crippen LogP contribution in [-0.2, 0) is 31.2 Å². The van der Waals surface area contributed by atoms with Gasteiger partial charge in [-0.05, 0) is 6.42 Å². The third-order valence-electron chi connectivity index (χ3n) is 3.09. The van der Waals surface area contributed by atoms with Crippen molar-refractivity contribution in [2.24, 2.45) is 7.05 Å². The minimum atomic E-state index is -0.858. The molecule has 0 aliphatic carbocycles. The van der Waals surface area contributed by atoms with E-state index in [9.17, 15) is 4.79 Å². The van der Waals surface area contributed by atoms with Crippen LogP contribution < -0.4 is 0 Å². The lowest BCUT2D eigenvalue weighted by Gasteiger charge is -2.08. The van der Waals surface area contributed by atoms with Crippen molar-refractivity contribution in [3.05, 3.63) is 23.3 Å². The maximum absolute atomic E-state index is 10.7. The Labute approximate surface area is 127 Å². The summed E-state index contributed by atoms with van der Waals surface area (Å²) in [5.74, 6) is -0.0211. The van der Waals surface area contributed by atoms with Gasteiger partial charge in [0.05, 0.1) is 18.0 Å². The monoisotopic (exact) mass is 309 g/mol. The van der Waals surface area contributed by atoms with Crippen LogP contribution in [0.3, 0.4) is 0 Å². The number of aliphatic carboxylic acids is 1. The van der Waals surface area contributed by atoms with Crippen molar-refractivity contribution < 1.29 is 9.90 Å². The van der Waals surface area contributed by atoms with Gasteiger partial charge in [0.25, 0.3) is 0 Å². The van der Waals surface area contributed by atoms with Crippen molar-refractivity contribution in [3.63, 3.8) is 0 Å². The smallest absolute Gasteiger partial charge is 0.313 e. The molecule has 0 saturated heterocycles. The first-order chi connectivity index (χ1) is 10.0. The van der Waals surface area contributed by atoms with Gasteiger partial charge in [0, 0.05) is 25.2 Å². The van der Waals surface area contributed by atoms with Gasteiger partial charge >= 0.3 is 5.97 Å². The molecule has 114 valence electrons.